The number of aryl methyl sites for hydroxylation is 1. The number of benzene rings is 3. The van der Waals surface area contributed by atoms with E-state index in [-0.39, 0.29) is 42.0 Å². The van der Waals surface area contributed by atoms with Crippen molar-refractivity contribution in [3.8, 4) is 0 Å². The number of nitrogens with two attached hydrogens (primary N) is 1. The lowest BCUT2D eigenvalue weighted by Gasteiger charge is -2.31. The van der Waals surface area contributed by atoms with Gasteiger partial charge in [-0.05, 0) is 59.7 Å². The number of carbonyl (C=O) groups is 3. The molecule has 44 heavy (non-hydrogen) atoms. The molecule has 3 atom stereocenters. The van der Waals surface area contributed by atoms with Gasteiger partial charge in [-0.3, -0.25) is 19.8 Å². The summed E-state index contributed by atoms with van der Waals surface area (Å²) in [4.78, 5) is 41.5. The van der Waals surface area contributed by atoms with Gasteiger partial charge in [-0.1, -0.05) is 54.6 Å². The standard InChI is InChI=1S/C33H42FN7O3/c1-37-31(43)29(20-23-8-12-24-5-2-3-6-25(24)19-23)41-18-16-27(40-28(32(41)44)7-4-17-38-33(35)36)21-39-30(42)15-11-22-9-13-26(34)14-10-22/h2-3,5-6,8-10,12-14,19,27-29,40H,4,7,11,15-18,20-21H2,1H3,(H,37,43)(H,39,42)(H4,35,36,38)/t27-,28+,29+/m1/s1. The van der Waals surface area contributed by atoms with Crippen LogP contribution >= 0.6 is 0 Å². The minimum atomic E-state index is -0.711. The van der Waals surface area contributed by atoms with Crippen molar-refractivity contribution in [3.63, 3.8) is 0 Å². The Hall–Kier alpha value is -4.51. The van der Waals surface area contributed by atoms with E-state index in [1.165, 1.54) is 12.1 Å². The number of guanidine groups is 1. The highest BCUT2D eigenvalue weighted by molar-refractivity contribution is 5.90. The summed E-state index contributed by atoms with van der Waals surface area (Å²) in [6.45, 7) is 1.10. The fraction of sp³-hybridized carbons (Fsp3) is 0.394. The Labute approximate surface area is 257 Å². The van der Waals surface area contributed by atoms with Gasteiger partial charge in [0.05, 0.1) is 6.04 Å². The third-order valence-electron chi connectivity index (χ3n) is 7.99. The maximum atomic E-state index is 14.0. The Balaban J connectivity index is 1.46. The predicted molar refractivity (Wildman–Crippen MR) is 169 cm³/mol. The molecular formula is C33H42FN7O3. The quantitative estimate of drug-likeness (QED) is 0.100. The van der Waals surface area contributed by atoms with Crippen molar-refractivity contribution in [1.29, 1.82) is 5.41 Å². The summed E-state index contributed by atoms with van der Waals surface area (Å²) >= 11 is 0. The summed E-state index contributed by atoms with van der Waals surface area (Å²) in [5.74, 6) is -0.999. The summed E-state index contributed by atoms with van der Waals surface area (Å²) in [7, 11) is 1.57. The van der Waals surface area contributed by atoms with E-state index < -0.39 is 12.1 Å². The monoisotopic (exact) mass is 603 g/mol. The zero-order chi connectivity index (χ0) is 31.5. The third-order valence-corrected chi connectivity index (χ3v) is 7.99. The van der Waals surface area contributed by atoms with Gasteiger partial charge in [-0.25, -0.2) is 4.39 Å². The minimum absolute atomic E-state index is 0.134. The summed E-state index contributed by atoms with van der Waals surface area (Å²) in [5.41, 5.74) is 7.25. The number of nitrogens with one attached hydrogen (secondary N) is 5. The smallest absolute Gasteiger partial charge is 0.242 e. The highest BCUT2D eigenvalue weighted by Crippen LogP contribution is 2.21. The van der Waals surface area contributed by atoms with Crippen LogP contribution in [0.2, 0.25) is 0 Å². The second kappa shape index (κ2) is 15.8. The van der Waals surface area contributed by atoms with E-state index in [0.29, 0.717) is 51.7 Å². The first kappa shape index (κ1) is 32.4. The molecule has 0 radical (unpaired) electrons. The van der Waals surface area contributed by atoms with Gasteiger partial charge in [0, 0.05) is 45.6 Å². The molecule has 0 unspecified atom stereocenters. The average molecular weight is 604 g/mol. The van der Waals surface area contributed by atoms with Crippen LogP contribution in [0.5, 0.6) is 0 Å². The van der Waals surface area contributed by atoms with Crippen LogP contribution < -0.4 is 27.0 Å². The Bertz CT molecular complexity index is 1450. The van der Waals surface area contributed by atoms with E-state index in [9.17, 15) is 18.8 Å². The molecule has 3 amide bonds. The molecule has 11 heteroatoms. The molecule has 0 aromatic heterocycles. The van der Waals surface area contributed by atoms with Crippen LogP contribution in [0, 0.1) is 11.2 Å². The van der Waals surface area contributed by atoms with Gasteiger partial charge in [0.1, 0.15) is 11.9 Å². The summed E-state index contributed by atoms with van der Waals surface area (Å²) < 4.78 is 13.2. The van der Waals surface area contributed by atoms with Crippen LogP contribution in [0.25, 0.3) is 10.8 Å². The van der Waals surface area contributed by atoms with E-state index >= 15 is 0 Å². The molecule has 1 aliphatic rings. The number of carbonyl (C=O) groups excluding carboxylic acids is 3. The van der Waals surface area contributed by atoms with Crippen LogP contribution in [0.15, 0.2) is 66.7 Å². The number of hydrogen-bond acceptors (Lipinski definition) is 5. The first-order chi connectivity index (χ1) is 21.2. The van der Waals surface area contributed by atoms with Crippen molar-refractivity contribution in [1.82, 2.24) is 26.2 Å². The largest absolute Gasteiger partial charge is 0.370 e. The highest BCUT2D eigenvalue weighted by Gasteiger charge is 2.37. The van der Waals surface area contributed by atoms with Crippen LogP contribution in [-0.4, -0.2) is 73.4 Å². The van der Waals surface area contributed by atoms with Crippen molar-refractivity contribution in [2.24, 2.45) is 5.73 Å². The number of hydrogen-bond donors (Lipinski definition) is 6. The molecule has 4 rings (SSSR count). The maximum absolute atomic E-state index is 14.0. The molecule has 1 aliphatic heterocycles. The molecule has 1 heterocycles. The van der Waals surface area contributed by atoms with Gasteiger partial charge in [0.2, 0.25) is 17.7 Å². The van der Waals surface area contributed by atoms with Gasteiger partial charge in [-0.2, -0.15) is 0 Å². The SMILES string of the molecule is CNC(=O)[C@H](Cc1ccc2ccccc2c1)N1CC[C@H](CNC(=O)CCc2ccc(F)cc2)N[C@@H](CCCNC(=N)N)C1=O. The van der Waals surface area contributed by atoms with Crippen molar-refractivity contribution < 1.29 is 18.8 Å². The molecule has 7 N–H and O–H groups in total. The molecule has 0 saturated carbocycles. The van der Waals surface area contributed by atoms with Crippen LogP contribution in [0.3, 0.4) is 0 Å². The number of fused-ring (bicyclic) bond motifs is 1. The topological polar surface area (TPSA) is 152 Å². The molecule has 234 valence electrons. The highest BCUT2D eigenvalue weighted by atomic mass is 19.1. The first-order valence-electron chi connectivity index (χ1n) is 15.1. The molecule has 3 aromatic carbocycles. The number of halogens is 1. The van der Waals surface area contributed by atoms with Crippen molar-refractivity contribution in [2.75, 3.05) is 26.7 Å². The van der Waals surface area contributed by atoms with E-state index in [1.54, 1.807) is 24.1 Å². The van der Waals surface area contributed by atoms with E-state index in [2.05, 4.69) is 27.3 Å². The summed E-state index contributed by atoms with van der Waals surface area (Å²) in [5, 5.41) is 21.5. The molecule has 3 aromatic rings. The lowest BCUT2D eigenvalue weighted by Crippen LogP contribution is -2.54. The molecule has 1 fully saturated rings. The van der Waals surface area contributed by atoms with Gasteiger partial charge in [-0.15, -0.1) is 0 Å². The fourth-order valence-electron chi connectivity index (χ4n) is 5.59. The van der Waals surface area contributed by atoms with Crippen LogP contribution in [0.4, 0.5) is 4.39 Å². The van der Waals surface area contributed by atoms with Crippen LogP contribution in [-0.2, 0) is 27.2 Å². The fourth-order valence-corrected chi connectivity index (χ4v) is 5.59. The molecule has 0 bridgehead atoms. The number of likely N-dealkylation sites (N-methyl/N-ethyl adjacent to an activating group) is 1. The van der Waals surface area contributed by atoms with Gasteiger partial charge >= 0.3 is 0 Å². The molecule has 1 saturated heterocycles. The van der Waals surface area contributed by atoms with E-state index in [0.717, 1.165) is 21.9 Å². The van der Waals surface area contributed by atoms with Gasteiger partial charge < -0.3 is 31.9 Å². The molecular weight excluding hydrogens is 561 g/mol. The molecule has 0 aliphatic carbocycles. The molecule has 0 spiro atoms. The molecule has 10 nitrogen and oxygen atoms in total. The van der Waals surface area contributed by atoms with Gasteiger partial charge in [0.25, 0.3) is 0 Å². The van der Waals surface area contributed by atoms with Crippen LogP contribution in [0.1, 0.15) is 36.8 Å². The first-order valence-corrected chi connectivity index (χ1v) is 15.1. The Morgan fingerprint density at radius 1 is 1.07 bits per heavy atom. The number of nitrogens with zero attached hydrogens (tertiary/aromatic N) is 1. The second-order valence-electron chi connectivity index (χ2n) is 11.2. The Morgan fingerprint density at radius 2 is 1.80 bits per heavy atom. The average Bonchev–Trinajstić information content (AvgIpc) is 3.18. The minimum Gasteiger partial charge on any atom is -0.370 e. The number of rotatable bonds is 13. The second-order valence-corrected chi connectivity index (χ2v) is 11.2. The lowest BCUT2D eigenvalue weighted by molar-refractivity contribution is -0.141. The zero-order valence-corrected chi connectivity index (χ0v) is 25.1. The Morgan fingerprint density at radius 3 is 2.52 bits per heavy atom. The summed E-state index contributed by atoms with van der Waals surface area (Å²) in [6, 6.07) is 18.7. The van der Waals surface area contributed by atoms with Crippen molar-refractivity contribution in [2.45, 2.75) is 56.7 Å². The van der Waals surface area contributed by atoms with Crippen molar-refractivity contribution >= 4 is 34.5 Å². The lowest BCUT2D eigenvalue weighted by atomic mass is 9.99. The van der Waals surface area contributed by atoms with Gasteiger partial charge in [0.15, 0.2) is 5.96 Å². The predicted octanol–water partition coefficient (Wildman–Crippen LogP) is 2.21. The maximum Gasteiger partial charge on any atom is 0.242 e. The normalized spacial score (nSPS) is 17.5. The van der Waals surface area contributed by atoms with E-state index in [4.69, 9.17) is 11.1 Å². The van der Waals surface area contributed by atoms with E-state index in [1.807, 2.05) is 36.4 Å². The number of amides is 3. The summed E-state index contributed by atoms with van der Waals surface area (Å²) in [6.07, 6.45) is 2.68. The Kier molecular flexibility index (Phi) is 11.6. The van der Waals surface area contributed by atoms with Crippen molar-refractivity contribution in [3.05, 3.63) is 83.7 Å². The third kappa shape index (κ3) is 9.24. The zero-order valence-electron chi connectivity index (χ0n) is 25.1.